The molecule has 92 valence electrons. The molecule has 6 nitrogen and oxygen atoms in total. The van der Waals surface area contributed by atoms with E-state index in [-0.39, 0.29) is 6.10 Å². The van der Waals surface area contributed by atoms with Gasteiger partial charge in [0.1, 0.15) is 0 Å². The summed E-state index contributed by atoms with van der Waals surface area (Å²) in [5, 5.41) is 3.51. The van der Waals surface area contributed by atoms with Crippen LogP contribution in [0.15, 0.2) is 0 Å². The van der Waals surface area contributed by atoms with Crippen LogP contribution in [-0.4, -0.2) is 55.2 Å². The summed E-state index contributed by atoms with van der Waals surface area (Å²) in [7, 11) is 1.91. The summed E-state index contributed by atoms with van der Waals surface area (Å²) in [6.07, 6.45) is -0.454. The third-order valence-corrected chi connectivity index (χ3v) is 3.17. The van der Waals surface area contributed by atoms with Crippen molar-refractivity contribution in [1.29, 1.82) is 0 Å². The first-order valence-corrected chi connectivity index (χ1v) is 5.61. The smallest absolute Gasteiger partial charge is 0.433 e. The van der Waals surface area contributed by atoms with Crippen LogP contribution in [0.25, 0.3) is 0 Å². The number of likely N-dealkylation sites (N-methyl/N-ethyl adjacent to an activating group) is 1. The van der Waals surface area contributed by atoms with Crippen LogP contribution in [-0.2, 0) is 14.4 Å². The van der Waals surface area contributed by atoms with E-state index in [1.54, 1.807) is 12.0 Å². The van der Waals surface area contributed by atoms with Crippen molar-refractivity contribution in [2.24, 2.45) is 5.92 Å². The van der Waals surface area contributed by atoms with Crippen molar-refractivity contribution in [1.82, 2.24) is 10.1 Å². The Hall–Kier alpha value is -0.850. The van der Waals surface area contributed by atoms with E-state index < -0.39 is 6.16 Å². The number of ether oxygens (including phenoxy) is 1. The second-order valence-electron chi connectivity index (χ2n) is 4.21. The fourth-order valence-corrected chi connectivity index (χ4v) is 2.36. The van der Waals surface area contributed by atoms with E-state index in [4.69, 9.17) is 14.4 Å². The van der Waals surface area contributed by atoms with Crippen molar-refractivity contribution in [3.8, 4) is 0 Å². The quantitative estimate of drug-likeness (QED) is 0.649. The Bertz CT molecular complexity index is 258. The van der Waals surface area contributed by atoms with Crippen LogP contribution in [0.5, 0.6) is 0 Å². The SMILES string of the molecule is CCOC(=O)ON1CC2C(C)ON(C)C2C1. The van der Waals surface area contributed by atoms with Crippen LogP contribution in [0.3, 0.4) is 0 Å². The van der Waals surface area contributed by atoms with Gasteiger partial charge in [0.25, 0.3) is 0 Å². The van der Waals surface area contributed by atoms with Gasteiger partial charge >= 0.3 is 6.16 Å². The Labute approximate surface area is 94.9 Å². The number of carbonyl (C=O) groups is 1. The van der Waals surface area contributed by atoms with Gasteiger partial charge in [0.15, 0.2) is 0 Å². The molecule has 0 saturated carbocycles. The topological polar surface area (TPSA) is 51.2 Å². The summed E-state index contributed by atoms with van der Waals surface area (Å²) in [4.78, 5) is 21.8. The van der Waals surface area contributed by atoms with Crippen molar-refractivity contribution in [3.63, 3.8) is 0 Å². The number of hydroxylamine groups is 4. The van der Waals surface area contributed by atoms with Crippen molar-refractivity contribution >= 4 is 6.16 Å². The maximum atomic E-state index is 11.2. The Kier molecular flexibility index (Phi) is 3.32. The predicted molar refractivity (Wildman–Crippen MR) is 55.3 cm³/mol. The van der Waals surface area contributed by atoms with Crippen LogP contribution in [0.1, 0.15) is 13.8 Å². The van der Waals surface area contributed by atoms with Gasteiger partial charge in [0.05, 0.1) is 25.3 Å². The third-order valence-electron chi connectivity index (χ3n) is 3.17. The summed E-state index contributed by atoms with van der Waals surface area (Å²) in [5.41, 5.74) is 0. The van der Waals surface area contributed by atoms with Crippen molar-refractivity contribution < 1.29 is 19.2 Å². The molecule has 2 fully saturated rings. The summed E-state index contributed by atoms with van der Waals surface area (Å²) >= 11 is 0. The largest absolute Gasteiger partial charge is 0.527 e. The van der Waals surface area contributed by atoms with E-state index in [9.17, 15) is 4.79 Å². The predicted octanol–water partition coefficient (Wildman–Crippen LogP) is 0.640. The zero-order valence-electron chi connectivity index (χ0n) is 9.88. The van der Waals surface area contributed by atoms with E-state index in [1.165, 1.54) is 0 Å². The Balaban J connectivity index is 1.86. The van der Waals surface area contributed by atoms with Crippen molar-refractivity contribution in [2.75, 3.05) is 26.7 Å². The molecule has 6 heteroatoms. The second kappa shape index (κ2) is 4.57. The second-order valence-corrected chi connectivity index (χ2v) is 4.21. The number of fused-ring (bicyclic) bond motifs is 1. The number of nitrogens with zero attached hydrogens (tertiary/aromatic N) is 2. The number of carbonyl (C=O) groups excluding carboxylic acids is 1. The van der Waals surface area contributed by atoms with E-state index in [0.29, 0.717) is 31.7 Å². The first-order chi connectivity index (χ1) is 7.61. The highest BCUT2D eigenvalue weighted by atomic mass is 16.8. The fraction of sp³-hybridized carbons (Fsp3) is 0.900. The molecule has 0 aliphatic carbocycles. The summed E-state index contributed by atoms with van der Waals surface area (Å²) in [5.74, 6) is 0.388. The fourth-order valence-electron chi connectivity index (χ4n) is 2.36. The highest BCUT2D eigenvalue weighted by Crippen LogP contribution is 2.32. The van der Waals surface area contributed by atoms with Crippen LogP contribution in [0.2, 0.25) is 0 Å². The third kappa shape index (κ3) is 2.14. The lowest BCUT2D eigenvalue weighted by Gasteiger charge is -2.19. The highest BCUT2D eigenvalue weighted by molar-refractivity contribution is 5.59. The molecule has 3 unspecified atom stereocenters. The average molecular weight is 230 g/mol. The molecule has 0 amide bonds. The van der Waals surface area contributed by atoms with Crippen LogP contribution >= 0.6 is 0 Å². The molecule has 0 aromatic heterocycles. The molecule has 2 heterocycles. The minimum absolute atomic E-state index is 0.172. The zero-order valence-corrected chi connectivity index (χ0v) is 9.88. The van der Waals surface area contributed by atoms with E-state index >= 15 is 0 Å². The van der Waals surface area contributed by atoms with Gasteiger partial charge < -0.3 is 9.57 Å². The van der Waals surface area contributed by atoms with E-state index in [2.05, 4.69) is 0 Å². The molecule has 0 bridgehead atoms. The normalized spacial score (nSPS) is 35.1. The first-order valence-electron chi connectivity index (χ1n) is 5.61. The minimum atomic E-state index is -0.626. The van der Waals surface area contributed by atoms with Crippen molar-refractivity contribution in [3.05, 3.63) is 0 Å². The Morgan fingerprint density at radius 2 is 2.25 bits per heavy atom. The lowest BCUT2D eigenvalue weighted by molar-refractivity contribution is -0.171. The lowest BCUT2D eigenvalue weighted by atomic mass is 10.0. The standard InChI is InChI=1S/C10H18N2O4/c1-4-14-10(13)16-12-5-8-7(2)15-11(3)9(8)6-12/h7-9H,4-6H2,1-3H3. The molecular formula is C10H18N2O4. The first kappa shape index (κ1) is 11.6. The van der Waals surface area contributed by atoms with Gasteiger partial charge in [-0.25, -0.2) is 4.79 Å². The van der Waals surface area contributed by atoms with Gasteiger partial charge in [0, 0.05) is 19.5 Å². The maximum Gasteiger partial charge on any atom is 0.527 e. The molecule has 2 saturated heterocycles. The molecule has 0 aromatic carbocycles. The molecule has 0 aromatic rings. The van der Waals surface area contributed by atoms with Crippen LogP contribution in [0, 0.1) is 5.92 Å². The van der Waals surface area contributed by atoms with Gasteiger partial charge in [-0.2, -0.15) is 5.06 Å². The molecule has 0 radical (unpaired) electrons. The monoisotopic (exact) mass is 230 g/mol. The van der Waals surface area contributed by atoms with Gasteiger partial charge in [-0.05, 0) is 13.8 Å². The number of hydrogen-bond donors (Lipinski definition) is 0. The molecule has 16 heavy (non-hydrogen) atoms. The molecule has 2 aliphatic rings. The van der Waals surface area contributed by atoms with Gasteiger partial charge in [-0.15, -0.1) is 5.06 Å². The summed E-state index contributed by atoms with van der Waals surface area (Å²) < 4.78 is 4.73. The molecule has 3 atom stereocenters. The minimum Gasteiger partial charge on any atom is -0.433 e. The summed E-state index contributed by atoms with van der Waals surface area (Å²) in [6, 6.07) is 0.296. The molecular weight excluding hydrogens is 212 g/mol. The molecule has 0 spiro atoms. The Morgan fingerprint density at radius 3 is 2.88 bits per heavy atom. The number of hydrogen-bond acceptors (Lipinski definition) is 6. The zero-order chi connectivity index (χ0) is 11.7. The Morgan fingerprint density at radius 1 is 1.50 bits per heavy atom. The van der Waals surface area contributed by atoms with Crippen LogP contribution < -0.4 is 0 Å². The molecule has 2 rings (SSSR count). The number of rotatable bonds is 2. The highest BCUT2D eigenvalue weighted by Gasteiger charge is 2.46. The van der Waals surface area contributed by atoms with Gasteiger partial charge in [-0.1, -0.05) is 0 Å². The van der Waals surface area contributed by atoms with Gasteiger partial charge in [-0.3, -0.25) is 4.84 Å². The average Bonchev–Trinajstić information content (AvgIpc) is 2.70. The lowest BCUT2D eigenvalue weighted by Crippen LogP contribution is -2.32. The van der Waals surface area contributed by atoms with E-state index in [0.717, 1.165) is 0 Å². The van der Waals surface area contributed by atoms with Gasteiger partial charge in [0.2, 0.25) is 0 Å². The molecule has 0 N–H and O–H groups in total. The van der Waals surface area contributed by atoms with Crippen molar-refractivity contribution in [2.45, 2.75) is 26.0 Å². The maximum absolute atomic E-state index is 11.2. The molecule has 2 aliphatic heterocycles. The van der Waals surface area contributed by atoms with Crippen LogP contribution in [0.4, 0.5) is 4.79 Å². The summed E-state index contributed by atoms with van der Waals surface area (Å²) in [6.45, 7) is 5.50. The van der Waals surface area contributed by atoms with E-state index in [1.807, 2.05) is 19.0 Å².